The fourth-order valence-electron chi connectivity index (χ4n) is 2.55. The molecule has 1 saturated carbocycles. The molecule has 0 amide bonds. The first-order valence-corrected chi connectivity index (χ1v) is 7.18. The van der Waals surface area contributed by atoms with Gasteiger partial charge in [-0.15, -0.1) is 0 Å². The maximum atomic E-state index is 13.4. The van der Waals surface area contributed by atoms with Crippen LogP contribution in [0.4, 0.5) is 8.78 Å². The molecule has 2 aliphatic rings. The van der Waals surface area contributed by atoms with Gasteiger partial charge in [-0.3, -0.25) is 4.98 Å². The molecule has 3 nitrogen and oxygen atoms in total. The van der Waals surface area contributed by atoms with E-state index in [4.69, 9.17) is 9.31 Å². The van der Waals surface area contributed by atoms with Crippen LogP contribution in [0, 0.1) is 0 Å². The Labute approximate surface area is 124 Å². The first-order valence-electron chi connectivity index (χ1n) is 7.18. The second-order valence-electron chi connectivity index (χ2n) is 7.27. The quantitative estimate of drug-likeness (QED) is 0.786. The standard InChI is InChI=1S/C15H20BF2NO2/c1-12(2)13(3,4)21-16(20-12)11-7-6-10(8-19-11)14(5)9-15(14,17)18/h6-8H,9H2,1-5H3. The van der Waals surface area contributed by atoms with Gasteiger partial charge in [-0.2, -0.15) is 0 Å². The average molecular weight is 295 g/mol. The third kappa shape index (κ3) is 2.11. The fraction of sp³-hybridized carbons (Fsp3) is 0.667. The van der Waals surface area contributed by atoms with E-state index in [1.165, 1.54) is 6.20 Å². The van der Waals surface area contributed by atoms with Crippen LogP contribution in [0.5, 0.6) is 0 Å². The highest BCUT2D eigenvalue weighted by Crippen LogP contribution is 2.60. The number of pyridine rings is 1. The lowest BCUT2D eigenvalue weighted by molar-refractivity contribution is 0.00578. The second-order valence-corrected chi connectivity index (χ2v) is 7.27. The van der Waals surface area contributed by atoms with Crippen LogP contribution in [0.25, 0.3) is 0 Å². The Morgan fingerprint density at radius 2 is 1.57 bits per heavy atom. The number of nitrogens with zero attached hydrogens (tertiary/aromatic N) is 1. The van der Waals surface area contributed by atoms with E-state index >= 15 is 0 Å². The number of rotatable bonds is 2. The maximum absolute atomic E-state index is 13.4. The summed E-state index contributed by atoms with van der Waals surface area (Å²) in [5.41, 5.74) is -0.770. The highest BCUT2D eigenvalue weighted by Gasteiger charge is 2.68. The molecule has 6 heteroatoms. The molecule has 0 N–H and O–H groups in total. The minimum atomic E-state index is -2.62. The van der Waals surface area contributed by atoms with Gasteiger partial charge in [0.1, 0.15) is 0 Å². The summed E-state index contributed by atoms with van der Waals surface area (Å²) in [6.45, 7) is 9.43. The van der Waals surface area contributed by atoms with Crippen LogP contribution in [0.1, 0.15) is 46.6 Å². The average Bonchev–Trinajstić information content (AvgIpc) is 2.78. The Morgan fingerprint density at radius 1 is 1.05 bits per heavy atom. The Kier molecular flexibility index (Phi) is 2.87. The summed E-state index contributed by atoms with van der Waals surface area (Å²) >= 11 is 0. The lowest BCUT2D eigenvalue weighted by Gasteiger charge is -2.32. The molecule has 1 aliphatic carbocycles. The van der Waals surface area contributed by atoms with Gasteiger partial charge in [0, 0.05) is 12.6 Å². The zero-order chi connectivity index (χ0) is 15.7. The van der Waals surface area contributed by atoms with Gasteiger partial charge >= 0.3 is 7.12 Å². The van der Waals surface area contributed by atoms with Crippen molar-refractivity contribution < 1.29 is 18.1 Å². The SMILES string of the molecule is CC1(C)OB(c2ccc(C3(C)CC3(F)F)cn2)OC1(C)C. The van der Waals surface area contributed by atoms with Crippen LogP contribution in [-0.2, 0) is 14.7 Å². The van der Waals surface area contributed by atoms with Gasteiger partial charge in [0.05, 0.1) is 22.2 Å². The van der Waals surface area contributed by atoms with Crippen molar-refractivity contribution in [3.63, 3.8) is 0 Å². The molecule has 1 aromatic rings. The van der Waals surface area contributed by atoms with Gasteiger partial charge in [0.15, 0.2) is 0 Å². The lowest BCUT2D eigenvalue weighted by Crippen LogP contribution is -2.41. The third-order valence-corrected chi connectivity index (χ3v) is 5.18. The van der Waals surface area contributed by atoms with E-state index in [9.17, 15) is 8.78 Å². The Morgan fingerprint density at radius 3 is 1.95 bits per heavy atom. The van der Waals surface area contributed by atoms with E-state index in [1.807, 2.05) is 27.7 Å². The molecule has 1 saturated heterocycles. The summed E-state index contributed by atoms with van der Waals surface area (Å²) in [6, 6.07) is 3.42. The van der Waals surface area contributed by atoms with Crippen molar-refractivity contribution in [1.82, 2.24) is 4.98 Å². The minimum absolute atomic E-state index is 0.114. The van der Waals surface area contributed by atoms with E-state index in [-0.39, 0.29) is 6.42 Å². The number of halogens is 2. The molecule has 0 spiro atoms. The number of hydrogen-bond acceptors (Lipinski definition) is 3. The van der Waals surface area contributed by atoms with Crippen LogP contribution < -0.4 is 5.59 Å². The van der Waals surface area contributed by atoms with E-state index < -0.39 is 29.7 Å². The van der Waals surface area contributed by atoms with Gasteiger partial charge in [0.25, 0.3) is 5.92 Å². The van der Waals surface area contributed by atoms with Crippen LogP contribution >= 0.6 is 0 Å². The van der Waals surface area contributed by atoms with Gasteiger partial charge in [-0.25, -0.2) is 8.78 Å². The second kappa shape index (κ2) is 4.05. The largest absolute Gasteiger partial charge is 0.514 e. The molecule has 1 atom stereocenters. The van der Waals surface area contributed by atoms with E-state index in [1.54, 1.807) is 19.1 Å². The molecule has 2 heterocycles. The summed E-state index contributed by atoms with van der Waals surface area (Å²) in [5.74, 6) is -2.62. The summed E-state index contributed by atoms with van der Waals surface area (Å²) in [4.78, 5) is 4.28. The highest BCUT2D eigenvalue weighted by atomic mass is 19.3. The minimum Gasteiger partial charge on any atom is -0.398 e. The molecular weight excluding hydrogens is 275 g/mol. The van der Waals surface area contributed by atoms with Crippen LogP contribution in [-0.4, -0.2) is 29.2 Å². The molecule has 0 radical (unpaired) electrons. The molecule has 1 aromatic heterocycles. The van der Waals surface area contributed by atoms with Gasteiger partial charge in [0.2, 0.25) is 0 Å². The third-order valence-electron chi connectivity index (χ3n) is 5.18. The predicted molar refractivity (Wildman–Crippen MR) is 76.9 cm³/mol. The lowest BCUT2D eigenvalue weighted by atomic mass is 9.83. The fourth-order valence-corrected chi connectivity index (χ4v) is 2.55. The molecule has 21 heavy (non-hydrogen) atoms. The molecule has 2 fully saturated rings. The number of hydrogen-bond donors (Lipinski definition) is 0. The molecule has 114 valence electrons. The van der Waals surface area contributed by atoms with Gasteiger partial charge < -0.3 is 9.31 Å². The summed E-state index contributed by atoms with van der Waals surface area (Å²) in [5, 5.41) is 0. The first-order chi connectivity index (χ1) is 9.49. The van der Waals surface area contributed by atoms with E-state index in [0.29, 0.717) is 11.2 Å². The predicted octanol–water partition coefficient (Wildman–Crippen LogP) is 2.68. The molecule has 1 aliphatic heterocycles. The molecular formula is C15H20BF2NO2. The van der Waals surface area contributed by atoms with Crippen LogP contribution in [0.15, 0.2) is 18.3 Å². The summed E-state index contributed by atoms with van der Waals surface area (Å²) < 4.78 is 38.6. The zero-order valence-corrected chi connectivity index (χ0v) is 13.0. The van der Waals surface area contributed by atoms with E-state index in [0.717, 1.165) is 0 Å². The molecule has 1 unspecified atom stereocenters. The van der Waals surface area contributed by atoms with Crippen molar-refractivity contribution in [2.45, 2.75) is 63.6 Å². The topological polar surface area (TPSA) is 31.4 Å². The van der Waals surface area contributed by atoms with Crippen molar-refractivity contribution in [2.24, 2.45) is 0 Å². The van der Waals surface area contributed by atoms with Crippen LogP contribution in [0.2, 0.25) is 0 Å². The number of aromatic nitrogens is 1. The zero-order valence-electron chi connectivity index (χ0n) is 13.0. The first kappa shape index (κ1) is 14.9. The molecule has 3 rings (SSSR count). The smallest absolute Gasteiger partial charge is 0.398 e. The van der Waals surface area contributed by atoms with Crippen molar-refractivity contribution in [3.05, 3.63) is 23.9 Å². The maximum Gasteiger partial charge on any atom is 0.514 e. The number of alkyl halides is 2. The molecule has 0 bridgehead atoms. The Balaban J connectivity index is 1.81. The van der Waals surface area contributed by atoms with Crippen molar-refractivity contribution >= 4 is 12.7 Å². The van der Waals surface area contributed by atoms with Gasteiger partial charge in [-0.1, -0.05) is 6.07 Å². The van der Waals surface area contributed by atoms with Crippen molar-refractivity contribution in [3.8, 4) is 0 Å². The van der Waals surface area contributed by atoms with E-state index in [2.05, 4.69) is 4.98 Å². The van der Waals surface area contributed by atoms with Crippen molar-refractivity contribution in [1.29, 1.82) is 0 Å². The monoisotopic (exact) mass is 295 g/mol. The highest BCUT2D eigenvalue weighted by molar-refractivity contribution is 6.61. The normalized spacial score (nSPS) is 32.2. The van der Waals surface area contributed by atoms with Crippen molar-refractivity contribution in [2.75, 3.05) is 0 Å². The summed E-state index contributed by atoms with van der Waals surface area (Å²) in [6.07, 6.45) is 1.40. The van der Waals surface area contributed by atoms with Gasteiger partial charge in [-0.05, 0) is 46.2 Å². The van der Waals surface area contributed by atoms with Crippen LogP contribution in [0.3, 0.4) is 0 Å². The summed E-state index contributed by atoms with van der Waals surface area (Å²) in [7, 11) is -0.559. The Hall–Kier alpha value is -1.01. The molecule has 0 aromatic carbocycles. The Bertz CT molecular complexity index is 558.